The molecule has 2 fully saturated rings. The number of fused-ring (bicyclic) bond motifs is 1. The van der Waals surface area contributed by atoms with Crippen LogP contribution >= 0.6 is 0 Å². The fraction of sp³-hybridized carbons (Fsp3) is 0.677. The molecule has 4 amide bonds. The largest absolute Gasteiger partial charge is 0.444 e. The lowest BCUT2D eigenvalue weighted by molar-refractivity contribution is -0.145. The predicted molar refractivity (Wildman–Crippen MR) is 157 cm³/mol. The number of nitrogens with one attached hydrogen (secondary N) is 3. The minimum Gasteiger partial charge on any atom is -0.444 e. The number of alkyl carbamates (subject to hydrolysis) is 1. The molecule has 0 radical (unpaired) electrons. The van der Waals surface area contributed by atoms with E-state index in [4.69, 9.17) is 4.74 Å². The van der Waals surface area contributed by atoms with Gasteiger partial charge in [0.15, 0.2) is 0 Å². The van der Waals surface area contributed by atoms with Crippen LogP contribution in [0, 0.1) is 22.7 Å². The molecule has 1 aliphatic heterocycles. The summed E-state index contributed by atoms with van der Waals surface area (Å²) in [5.41, 5.74) is -0.850. The highest BCUT2D eigenvalue weighted by Gasteiger charge is 2.70. The number of likely N-dealkylation sites (tertiary alicyclic amines) is 1. The fourth-order valence-electron chi connectivity index (χ4n) is 5.80. The zero-order valence-corrected chi connectivity index (χ0v) is 26.4. The molecule has 0 bridgehead atoms. The second kappa shape index (κ2) is 12.4. The summed E-state index contributed by atoms with van der Waals surface area (Å²) in [6.45, 7) is 17.2. The zero-order valence-electron chi connectivity index (χ0n) is 26.4. The summed E-state index contributed by atoms with van der Waals surface area (Å²) < 4.78 is 5.41. The quantitative estimate of drug-likeness (QED) is 0.358. The van der Waals surface area contributed by atoms with Crippen molar-refractivity contribution in [3.63, 3.8) is 0 Å². The van der Waals surface area contributed by atoms with Gasteiger partial charge in [-0.2, -0.15) is 0 Å². The van der Waals surface area contributed by atoms with Gasteiger partial charge in [-0.05, 0) is 61.5 Å². The Morgan fingerprint density at radius 1 is 1.10 bits per heavy atom. The van der Waals surface area contributed by atoms with Crippen LogP contribution in [0.25, 0.3) is 0 Å². The van der Waals surface area contributed by atoms with Gasteiger partial charge in [-0.15, -0.1) is 0 Å². The van der Waals surface area contributed by atoms with Crippen LogP contribution in [0.5, 0.6) is 0 Å². The summed E-state index contributed by atoms with van der Waals surface area (Å²) in [6.07, 6.45) is 3.32. The van der Waals surface area contributed by atoms with Crippen LogP contribution in [0.1, 0.15) is 80.7 Å². The number of ketones is 1. The minimum absolute atomic E-state index is 0.0995. The highest BCUT2D eigenvalue weighted by molar-refractivity contribution is 6.38. The molecule has 0 aromatic carbocycles. The molecular formula is C31H47N5O6. The van der Waals surface area contributed by atoms with E-state index in [-0.39, 0.29) is 36.1 Å². The number of nitrogens with zero attached hydrogens (tertiary/aromatic N) is 2. The molecule has 11 heteroatoms. The average molecular weight is 586 g/mol. The molecule has 2 aliphatic rings. The molecule has 3 N–H and O–H groups in total. The van der Waals surface area contributed by atoms with Crippen LogP contribution in [0.4, 0.5) is 4.79 Å². The summed E-state index contributed by atoms with van der Waals surface area (Å²) in [7, 11) is 0. The summed E-state index contributed by atoms with van der Waals surface area (Å²) in [6, 6.07) is 0.693. The maximum absolute atomic E-state index is 14.0. The standard InChI is InChI=1S/C31H47N5O6/c1-10-12-20(23(37)26(39)33-16-18-13-11-14-32-15-18)34-25(38)22-21-19(31(21,8)9)17-36(22)27(40)24(29(2,3)4)35-28(41)42-30(5,6)7/h11,13-15,19-22,24H,10,12,16-17H2,1-9H3,(H,33,39)(H,34,38)(H,35,41)/t19-,20-,21-,22-,24+/m0/s1. The first-order chi connectivity index (χ1) is 19.4. The summed E-state index contributed by atoms with van der Waals surface area (Å²) in [5, 5.41) is 8.13. The number of pyridine rings is 1. The fourth-order valence-corrected chi connectivity index (χ4v) is 5.80. The Hall–Kier alpha value is -3.50. The van der Waals surface area contributed by atoms with Gasteiger partial charge in [0.1, 0.15) is 17.7 Å². The van der Waals surface area contributed by atoms with E-state index in [1.54, 1.807) is 45.3 Å². The molecule has 2 heterocycles. The lowest BCUT2D eigenvalue weighted by atomic mass is 9.85. The van der Waals surface area contributed by atoms with Gasteiger partial charge in [0.2, 0.25) is 17.6 Å². The summed E-state index contributed by atoms with van der Waals surface area (Å²) >= 11 is 0. The molecule has 1 saturated carbocycles. The van der Waals surface area contributed by atoms with Gasteiger partial charge in [0, 0.05) is 25.5 Å². The molecule has 0 unspecified atom stereocenters. The zero-order chi connectivity index (χ0) is 31.6. The number of hydrogen-bond acceptors (Lipinski definition) is 7. The molecule has 42 heavy (non-hydrogen) atoms. The number of piperidine rings is 1. The van der Waals surface area contributed by atoms with Crippen molar-refractivity contribution in [1.29, 1.82) is 0 Å². The lowest BCUT2D eigenvalue weighted by Gasteiger charge is -2.38. The number of rotatable bonds is 10. The smallest absolute Gasteiger partial charge is 0.408 e. The van der Waals surface area contributed by atoms with E-state index in [2.05, 4.69) is 34.8 Å². The molecule has 1 aliphatic carbocycles. The Kier molecular flexibility index (Phi) is 9.74. The normalized spacial score (nSPS) is 22.3. The van der Waals surface area contributed by atoms with E-state index in [9.17, 15) is 24.0 Å². The maximum atomic E-state index is 14.0. The van der Waals surface area contributed by atoms with Gasteiger partial charge in [0.05, 0.1) is 6.04 Å². The number of Topliss-reactive ketones (excluding diaryl/α,β-unsaturated/α-hetero) is 1. The Balaban J connectivity index is 1.78. The van der Waals surface area contributed by atoms with Crippen molar-refractivity contribution in [1.82, 2.24) is 25.8 Å². The number of carbonyl (C=O) groups is 5. The molecule has 0 spiro atoms. The first-order valence-electron chi connectivity index (χ1n) is 14.7. The highest BCUT2D eigenvalue weighted by atomic mass is 16.6. The SMILES string of the molecule is CCC[C@H](NC(=O)[C@@H]1[C@@H]2[C@H](CN1C(=O)[C@@H](NC(=O)OC(C)(C)C)C(C)(C)C)C2(C)C)C(=O)C(=O)NCc1cccnc1. The Labute approximate surface area is 248 Å². The van der Waals surface area contributed by atoms with E-state index >= 15 is 0 Å². The van der Waals surface area contributed by atoms with Crippen molar-refractivity contribution < 1.29 is 28.7 Å². The van der Waals surface area contributed by atoms with E-state index in [1.807, 2.05) is 27.7 Å². The minimum atomic E-state index is -1.03. The van der Waals surface area contributed by atoms with E-state index in [0.717, 1.165) is 5.56 Å². The van der Waals surface area contributed by atoms with E-state index in [1.165, 1.54) is 4.90 Å². The summed E-state index contributed by atoms with van der Waals surface area (Å²) in [5.74, 6) is -2.41. The molecule has 232 valence electrons. The second-order valence-corrected chi connectivity index (χ2v) is 14.1. The number of aromatic nitrogens is 1. The maximum Gasteiger partial charge on any atom is 0.408 e. The molecule has 1 saturated heterocycles. The molecule has 3 rings (SSSR count). The average Bonchev–Trinajstić information content (AvgIpc) is 3.21. The monoisotopic (exact) mass is 585 g/mol. The predicted octanol–water partition coefficient (Wildman–Crippen LogP) is 2.97. The van der Waals surface area contributed by atoms with Crippen LogP contribution in [0.2, 0.25) is 0 Å². The molecule has 1 aromatic rings. The van der Waals surface area contributed by atoms with Crippen LogP contribution < -0.4 is 16.0 Å². The Morgan fingerprint density at radius 3 is 2.31 bits per heavy atom. The first kappa shape index (κ1) is 33.0. The van der Waals surface area contributed by atoms with Crippen molar-refractivity contribution in [2.24, 2.45) is 22.7 Å². The van der Waals surface area contributed by atoms with Crippen LogP contribution in [-0.2, 0) is 30.5 Å². The van der Waals surface area contributed by atoms with Crippen molar-refractivity contribution in [2.45, 2.75) is 105 Å². The molecule has 11 nitrogen and oxygen atoms in total. The van der Waals surface area contributed by atoms with Crippen molar-refractivity contribution >= 4 is 29.6 Å². The van der Waals surface area contributed by atoms with Gasteiger partial charge >= 0.3 is 6.09 Å². The van der Waals surface area contributed by atoms with Gasteiger partial charge in [-0.1, -0.05) is 54.0 Å². The number of ether oxygens (including phenoxy) is 1. The van der Waals surface area contributed by atoms with Crippen LogP contribution in [0.3, 0.4) is 0 Å². The number of amides is 4. The Bertz CT molecular complexity index is 1190. The van der Waals surface area contributed by atoms with Crippen molar-refractivity contribution in [3.8, 4) is 0 Å². The van der Waals surface area contributed by atoms with Crippen LogP contribution in [-0.4, -0.2) is 69.8 Å². The molecular weight excluding hydrogens is 538 g/mol. The van der Waals surface area contributed by atoms with Gasteiger partial charge < -0.3 is 25.6 Å². The second-order valence-electron chi connectivity index (χ2n) is 14.1. The number of hydrogen-bond donors (Lipinski definition) is 3. The van der Waals surface area contributed by atoms with Crippen molar-refractivity contribution in [2.75, 3.05) is 6.54 Å². The number of carbonyl (C=O) groups excluding carboxylic acids is 5. The van der Waals surface area contributed by atoms with E-state index < -0.39 is 52.8 Å². The van der Waals surface area contributed by atoms with Gasteiger partial charge in [0.25, 0.3) is 5.91 Å². The third-order valence-corrected chi connectivity index (χ3v) is 8.14. The molecule has 1 aromatic heterocycles. The highest BCUT2D eigenvalue weighted by Crippen LogP contribution is 2.65. The summed E-state index contributed by atoms with van der Waals surface area (Å²) in [4.78, 5) is 71.9. The lowest BCUT2D eigenvalue weighted by Crippen LogP contribution is -2.60. The third-order valence-electron chi connectivity index (χ3n) is 8.14. The van der Waals surface area contributed by atoms with Crippen molar-refractivity contribution in [3.05, 3.63) is 30.1 Å². The topological polar surface area (TPSA) is 147 Å². The van der Waals surface area contributed by atoms with Gasteiger partial charge in [-0.3, -0.25) is 24.2 Å². The first-order valence-corrected chi connectivity index (χ1v) is 14.7. The van der Waals surface area contributed by atoms with E-state index in [0.29, 0.717) is 13.0 Å². The molecule has 5 atom stereocenters. The van der Waals surface area contributed by atoms with Gasteiger partial charge in [-0.25, -0.2) is 4.79 Å². The third kappa shape index (κ3) is 7.66. The van der Waals surface area contributed by atoms with Crippen LogP contribution in [0.15, 0.2) is 24.5 Å². The Morgan fingerprint density at radius 2 is 1.76 bits per heavy atom.